The molecule has 4 nitrogen and oxygen atoms in total. The molecule has 1 aromatic carbocycles. The van der Waals surface area contributed by atoms with Crippen LogP contribution in [0.1, 0.15) is 4.88 Å². The first-order valence-electron chi connectivity index (χ1n) is 4.97. The average molecular weight is 263 g/mol. The van der Waals surface area contributed by atoms with Crippen molar-refractivity contribution in [3.63, 3.8) is 0 Å². The number of thioether (sulfide) groups is 1. The normalized spacial score (nSPS) is 11.1. The maximum Gasteiger partial charge on any atom is 0.257 e. The lowest BCUT2D eigenvalue weighted by molar-refractivity contribution is 0.489. The maximum absolute atomic E-state index is 5.68. The quantitative estimate of drug-likeness (QED) is 0.581. The molecule has 0 atom stereocenters. The predicted octanol–water partition coefficient (Wildman–Crippen LogP) is 3.16. The number of fused-ring (bicyclic) bond motifs is 1. The minimum absolute atomic E-state index is 0.666. The van der Waals surface area contributed by atoms with Crippen LogP contribution in [0.5, 0.6) is 0 Å². The maximum atomic E-state index is 5.68. The number of benzene rings is 1. The molecule has 0 aliphatic carbocycles. The lowest BCUT2D eigenvalue weighted by atomic mass is 10.3. The Morgan fingerprint density at radius 2 is 2.35 bits per heavy atom. The van der Waals surface area contributed by atoms with Crippen molar-refractivity contribution in [2.45, 2.75) is 11.0 Å². The summed E-state index contributed by atoms with van der Waals surface area (Å²) >= 11 is 3.19. The van der Waals surface area contributed by atoms with Crippen LogP contribution in [-0.4, -0.2) is 9.97 Å². The molecule has 0 unspecified atom stereocenters. The molecule has 0 spiro atoms. The molecule has 0 fully saturated rings. The third-order valence-corrected chi connectivity index (χ3v) is 4.05. The number of oxazole rings is 1. The Balaban J connectivity index is 1.81. The molecule has 2 aromatic heterocycles. The smallest absolute Gasteiger partial charge is 0.257 e. The molecule has 0 saturated heterocycles. The zero-order chi connectivity index (χ0) is 11.7. The number of nitrogen functional groups attached to an aromatic ring is 1. The number of hydrogen-bond donors (Lipinski definition) is 1. The van der Waals surface area contributed by atoms with Gasteiger partial charge in [-0.2, -0.15) is 0 Å². The molecule has 86 valence electrons. The molecular weight excluding hydrogens is 254 g/mol. The van der Waals surface area contributed by atoms with Crippen LogP contribution in [-0.2, 0) is 5.75 Å². The van der Waals surface area contributed by atoms with Crippen molar-refractivity contribution < 1.29 is 4.42 Å². The van der Waals surface area contributed by atoms with Crippen LogP contribution in [0, 0.1) is 0 Å². The molecule has 0 bridgehead atoms. The van der Waals surface area contributed by atoms with Crippen LogP contribution in [0.15, 0.2) is 39.5 Å². The molecular formula is C11H9N3OS2. The SMILES string of the molecule is Nc1ccc2nc(SCc3cncs3)oc2c1. The van der Waals surface area contributed by atoms with Crippen molar-refractivity contribution in [2.75, 3.05) is 5.73 Å². The van der Waals surface area contributed by atoms with Crippen molar-refractivity contribution in [1.82, 2.24) is 9.97 Å². The Hall–Kier alpha value is -1.53. The first-order chi connectivity index (χ1) is 8.31. The first kappa shape index (κ1) is 10.6. The fraction of sp³-hybridized carbons (Fsp3) is 0.0909. The van der Waals surface area contributed by atoms with Crippen LogP contribution < -0.4 is 5.73 Å². The number of rotatable bonds is 3. The summed E-state index contributed by atoms with van der Waals surface area (Å²) in [5, 5.41) is 0.666. The van der Waals surface area contributed by atoms with E-state index in [-0.39, 0.29) is 0 Å². The molecule has 0 radical (unpaired) electrons. The third kappa shape index (κ3) is 2.27. The summed E-state index contributed by atoms with van der Waals surface area (Å²) in [6.07, 6.45) is 1.86. The van der Waals surface area contributed by atoms with E-state index >= 15 is 0 Å². The second-order valence-corrected chi connectivity index (χ2v) is 5.36. The molecule has 17 heavy (non-hydrogen) atoms. The van der Waals surface area contributed by atoms with E-state index in [0.29, 0.717) is 10.9 Å². The molecule has 6 heteroatoms. The zero-order valence-corrected chi connectivity index (χ0v) is 10.4. The summed E-state index contributed by atoms with van der Waals surface area (Å²) in [5.74, 6) is 0.826. The van der Waals surface area contributed by atoms with Gasteiger partial charge in [0.2, 0.25) is 0 Å². The van der Waals surface area contributed by atoms with Gasteiger partial charge in [-0.25, -0.2) is 4.98 Å². The minimum Gasteiger partial charge on any atom is -0.431 e. The lowest BCUT2D eigenvalue weighted by Crippen LogP contribution is -1.81. The summed E-state index contributed by atoms with van der Waals surface area (Å²) < 4.78 is 5.60. The summed E-state index contributed by atoms with van der Waals surface area (Å²) in [6.45, 7) is 0. The monoisotopic (exact) mass is 263 g/mol. The Bertz CT molecular complexity index is 633. The highest BCUT2D eigenvalue weighted by molar-refractivity contribution is 7.98. The Morgan fingerprint density at radius 3 is 3.18 bits per heavy atom. The molecule has 0 amide bonds. The Kier molecular flexibility index (Phi) is 2.74. The first-order valence-corrected chi connectivity index (χ1v) is 6.84. The number of aromatic nitrogens is 2. The summed E-state index contributed by atoms with van der Waals surface area (Å²) in [7, 11) is 0. The van der Waals surface area contributed by atoms with Gasteiger partial charge in [-0.15, -0.1) is 11.3 Å². The topological polar surface area (TPSA) is 64.9 Å². The fourth-order valence-electron chi connectivity index (χ4n) is 1.43. The number of nitrogens with two attached hydrogens (primary N) is 1. The molecule has 3 aromatic rings. The van der Waals surface area contributed by atoms with Gasteiger partial charge in [0.25, 0.3) is 5.22 Å². The van der Waals surface area contributed by atoms with E-state index in [1.54, 1.807) is 29.2 Å². The van der Waals surface area contributed by atoms with E-state index in [4.69, 9.17) is 10.2 Å². The van der Waals surface area contributed by atoms with Gasteiger partial charge in [0.15, 0.2) is 5.58 Å². The van der Waals surface area contributed by atoms with Gasteiger partial charge in [0, 0.05) is 28.6 Å². The summed E-state index contributed by atoms with van der Waals surface area (Å²) in [6, 6.07) is 5.48. The van der Waals surface area contributed by atoms with Crippen molar-refractivity contribution in [3.8, 4) is 0 Å². The highest BCUT2D eigenvalue weighted by Crippen LogP contribution is 2.27. The number of anilines is 1. The lowest BCUT2D eigenvalue weighted by Gasteiger charge is -1.91. The molecule has 0 aliphatic heterocycles. The van der Waals surface area contributed by atoms with E-state index in [2.05, 4.69) is 9.97 Å². The number of thiazole rings is 1. The van der Waals surface area contributed by atoms with Crippen LogP contribution in [0.3, 0.4) is 0 Å². The molecule has 2 heterocycles. The van der Waals surface area contributed by atoms with Gasteiger partial charge in [-0.05, 0) is 12.1 Å². The second kappa shape index (κ2) is 4.38. The van der Waals surface area contributed by atoms with E-state index < -0.39 is 0 Å². The van der Waals surface area contributed by atoms with Crippen molar-refractivity contribution in [3.05, 3.63) is 34.8 Å². The fourth-order valence-corrected chi connectivity index (χ4v) is 2.91. The molecule has 2 N–H and O–H groups in total. The second-order valence-electron chi connectivity index (χ2n) is 3.46. The van der Waals surface area contributed by atoms with Crippen molar-refractivity contribution in [1.29, 1.82) is 0 Å². The van der Waals surface area contributed by atoms with Crippen LogP contribution in [0.25, 0.3) is 11.1 Å². The minimum atomic E-state index is 0.666. The largest absolute Gasteiger partial charge is 0.431 e. The Labute approximate surface area is 106 Å². The van der Waals surface area contributed by atoms with Gasteiger partial charge in [-0.3, -0.25) is 4.98 Å². The van der Waals surface area contributed by atoms with E-state index in [9.17, 15) is 0 Å². The van der Waals surface area contributed by atoms with Gasteiger partial charge in [-0.1, -0.05) is 11.8 Å². The highest BCUT2D eigenvalue weighted by atomic mass is 32.2. The zero-order valence-electron chi connectivity index (χ0n) is 8.79. The van der Waals surface area contributed by atoms with E-state index in [1.807, 2.05) is 23.8 Å². The summed E-state index contributed by atoms with van der Waals surface area (Å²) in [5.41, 5.74) is 9.76. The van der Waals surface area contributed by atoms with Crippen molar-refractivity contribution >= 4 is 39.9 Å². The number of nitrogens with zero attached hydrogens (tertiary/aromatic N) is 2. The van der Waals surface area contributed by atoms with Crippen LogP contribution >= 0.6 is 23.1 Å². The summed E-state index contributed by atoms with van der Waals surface area (Å²) in [4.78, 5) is 9.61. The number of hydrogen-bond acceptors (Lipinski definition) is 6. The molecule has 0 saturated carbocycles. The van der Waals surface area contributed by atoms with E-state index in [1.165, 1.54) is 4.88 Å². The van der Waals surface area contributed by atoms with Gasteiger partial charge < -0.3 is 10.2 Å². The molecule has 3 rings (SSSR count). The van der Waals surface area contributed by atoms with Crippen LogP contribution in [0.4, 0.5) is 5.69 Å². The predicted molar refractivity (Wildman–Crippen MR) is 70.1 cm³/mol. The van der Waals surface area contributed by atoms with Crippen LogP contribution in [0.2, 0.25) is 0 Å². The third-order valence-electron chi connectivity index (χ3n) is 2.21. The van der Waals surface area contributed by atoms with Gasteiger partial charge in [0.1, 0.15) is 5.52 Å². The van der Waals surface area contributed by atoms with Crippen molar-refractivity contribution in [2.24, 2.45) is 0 Å². The standard InChI is InChI=1S/C11H9N3OS2/c12-7-1-2-9-10(3-7)15-11(14-9)16-5-8-4-13-6-17-8/h1-4,6H,5,12H2. The average Bonchev–Trinajstić information content (AvgIpc) is 2.94. The van der Waals surface area contributed by atoms with Gasteiger partial charge >= 0.3 is 0 Å². The van der Waals surface area contributed by atoms with E-state index in [0.717, 1.165) is 16.9 Å². The molecule has 0 aliphatic rings. The highest BCUT2D eigenvalue weighted by Gasteiger charge is 2.07. The van der Waals surface area contributed by atoms with Gasteiger partial charge in [0.05, 0.1) is 5.51 Å². The Morgan fingerprint density at radius 1 is 1.41 bits per heavy atom.